The number of benzene rings is 1. The third-order valence-electron chi connectivity index (χ3n) is 4.68. The zero-order valence-electron chi connectivity index (χ0n) is 15.5. The average molecular weight is 379 g/mol. The monoisotopic (exact) mass is 379 g/mol. The van der Waals surface area contributed by atoms with Crippen LogP contribution < -0.4 is 15.0 Å². The fourth-order valence-corrected chi connectivity index (χ4v) is 3.21. The number of nitrogens with one attached hydrogen (secondary N) is 1. The van der Waals surface area contributed by atoms with Gasteiger partial charge >= 0.3 is 0 Å². The third-order valence-corrected chi connectivity index (χ3v) is 4.68. The second-order valence-electron chi connectivity index (χ2n) is 6.43. The van der Waals surface area contributed by atoms with Gasteiger partial charge in [0, 0.05) is 31.0 Å². The van der Waals surface area contributed by atoms with Crippen LogP contribution in [0, 0.1) is 0 Å². The number of ether oxygens (including phenoxy) is 2. The zero-order valence-corrected chi connectivity index (χ0v) is 15.5. The van der Waals surface area contributed by atoms with E-state index < -0.39 is 6.10 Å². The molecule has 0 spiro atoms. The Labute approximate surface area is 162 Å². The van der Waals surface area contributed by atoms with E-state index in [0.717, 1.165) is 22.5 Å². The van der Waals surface area contributed by atoms with Crippen LogP contribution in [0.4, 0.5) is 5.69 Å². The maximum Gasteiger partial charge on any atom is 0.251 e. The number of hydrogen-bond acceptors (Lipinski definition) is 7. The van der Waals surface area contributed by atoms with E-state index in [4.69, 9.17) is 9.47 Å². The summed E-state index contributed by atoms with van der Waals surface area (Å²) in [6.07, 6.45) is 4.46. The largest absolute Gasteiger partial charge is 0.496 e. The molecule has 1 fully saturated rings. The van der Waals surface area contributed by atoms with Crippen molar-refractivity contribution in [3.63, 3.8) is 0 Å². The number of fused-ring (bicyclic) bond motifs is 1. The van der Waals surface area contributed by atoms with Crippen molar-refractivity contribution >= 4 is 22.8 Å². The molecular weight excluding hydrogens is 358 g/mol. The SMILES string of the molecule is COc1ccccc1CNC(=O)[C@@H]1CN(c2cnc3nccnc3c2)CCO1. The Morgan fingerprint density at radius 1 is 1.29 bits per heavy atom. The van der Waals surface area contributed by atoms with Gasteiger partial charge in [-0.3, -0.25) is 9.78 Å². The van der Waals surface area contributed by atoms with E-state index in [1.807, 2.05) is 30.3 Å². The van der Waals surface area contributed by atoms with Gasteiger partial charge in [-0.15, -0.1) is 0 Å². The number of nitrogens with zero attached hydrogens (tertiary/aromatic N) is 4. The van der Waals surface area contributed by atoms with Gasteiger partial charge in [0.05, 0.1) is 32.1 Å². The minimum Gasteiger partial charge on any atom is -0.496 e. The Hall–Kier alpha value is -3.26. The summed E-state index contributed by atoms with van der Waals surface area (Å²) >= 11 is 0. The van der Waals surface area contributed by atoms with Crippen molar-refractivity contribution in [2.75, 3.05) is 31.7 Å². The van der Waals surface area contributed by atoms with Gasteiger partial charge in [0.25, 0.3) is 5.91 Å². The van der Waals surface area contributed by atoms with E-state index in [1.165, 1.54) is 0 Å². The van der Waals surface area contributed by atoms with Crippen LogP contribution in [0.3, 0.4) is 0 Å². The summed E-state index contributed by atoms with van der Waals surface area (Å²) < 4.78 is 11.0. The Morgan fingerprint density at radius 2 is 2.14 bits per heavy atom. The normalized spacial score (nSPS) is 16.8. The number of pyridine rings is 1. The van der Waals surface area contributed by atoms with Gasteiger partial charge in [0.2, 0.25) is 0 Å². The van der Waals surface area contributed by atoms with Crippen molar-refractivity contribution in [3.05, 3.63) is 54.5 Å². The van der Waals surface area contributed by atoms with Gasteiger partial charge in [-0.2, -0.15) is 0 Å². The zero-order chi connectivity index (χ0) is 19.3. The van der Waals surface area contributed by atoms with Gasteiger partial charge < -0.3 is 19.7 Å². The maximum absolute atomic E-state index is 12.6. The molecule has 1 aliphatic rings. The molecule has 1 atom stereocenters. The number of methoxy groups -OCH3 is 1. The molecule has 0 bridgehead atoms. The van der Waals surface area contributed by atoms with Gasteiger partial charge in [0.15, 0.2) is 11.8 Å². The van der Waals surface area contributed by atoms with Crippen LogP contribution in [-0.2, 0) is 16.1 Å². The molecular formula is C20H21N5O3. The molecule has 0 radical (unpaired) electrons. The second-order valence-corrected chi connectivity index (χ2v) is 6.43. The van der Waals surface area contributed by atoms with Crippen molar-refractivity contribution in [2.45, 2.75) is 12.6 Å². The minimum atomic E-state index is -0.555. The molecule has 1 aromatic carbocycles. The van der Waals surface area contributed by atoms with Crippen LogP contribution in [-0.4, -0.2) is 53.8 Å². The van der Waals surface area contributed by atoms with Crippen molar-refractivity contribution in [3.8, 4) is 5.75 Å². The first kappa shape index (κ1) is 18.1. The van der Waals surface area contributed by atoms with Gasteiger partial charge in [-0.05, 0) is 12.1 Å². The number of aromatic nitrogens is 3. The van der Waals surface area contributed by atoms with Gasteiger partial charge in [-0.1, -0.05) is 18.2 Å². The standard InChI is InChI=1S/C20H21N5O3/c1-27-17-5-3-2-4-14(17)11-24-20(26)18-13-25(8-9-28-18)15-10-16-19(23-12-15)22-7-6-21-16/h2-7,10,12,18H,8-9,11,13H2,1H3,(H,24,26)/t18-/m0/s1. The number of hydrogen-bond donors (Lipinski definition) is 1. The second kappa shape index (κ2) is 8.18. The minimum absolute atomic E-state index is 0.149. The van der Waals surface area contributed by atoms with Crippen molar-refractivity contribution in [2.24, 2.45) is 0 Å². The number of amides is 1. The maximum atomic E-state index is 12.6. The molecule has 2 aromatic heterocycles. The van der Waals surface area contributed by atoms with Crippen LogP contribution >= 0.6 is 0 Å². The summed E-state index contributed by atoms with van der Waals surface area (Å²) in [5.74, 6) is 0.599. The summed E-state index contributed by atoms with van der Waals surface area (Å²) in [6, 6.07) is 9.54. The van der Waals surface area contributed by atoms with E-state index in [1.54, 1.807) is 25.7 Å². The van der Waals surface area contributed by atoms with Crippen molar-refractivity contribution < 1.29 is 14.3 Å². The number of carbonyl (C=O) groups excluding carboxylic acids is 1. The van der Waals surface area contributed by atoms with Crippen LogP contribution in [0.5, 0.6) is 5.75 Å². The Balaban J connectivity index is 1.42. The average Bonchev–Trinajstić information content (AvgIpc) is 2.77. The molecule has 1 N–H and O–H groups in total. The van der Waals surface area contributed by atoms with E-state index in [-0.39, 0.29) is 5.91 Å². The molecule has 3 aromatic rings. The van der Waals surface area contributed by atoms with Crippen molar-refractivity contribution in [1.29, 1.82) is 0 Å². The van der Waals surface area contributed by atoms with Crippen LogP contribution in [0.1, 0.15) is 5.56 Å². The smallest absolute Gasteiger partial charge is 0.251 e. The molecule has 3 heterocycles. The lowest BCUT2D eigenvalue weighted by atomic mass is 10.2. The quantitative estimate of drug-likeness (QED) is 0.719. The van der Waals surface area contributed by atoms with E-state index in [2.05, 4.69) is 25.2 Å². The molecule has 1 amide bonds. The summed E-state index contributed by atoms with van der Waals surface area (Å²) in [6.45, 7) is 1.98. The molecule has 0 unspecified atom stereocenters. The van der Waals surface area contributed by atoms with Gasteiger partial charge in [0.1, 0.15) is 11.3 Å². The molecule has 1 aliphatic heterocycles. The Morgan fingerprint density at radius 3 is 3.04 bits per heavy atom. The fourth-order valence-electron chi connectivity index (χ4n) is 3.21. The van der Waals surface area contributed by atoms with E-state index in [0.29, 0.717) is 31.9 Å². The predicted octanol–water partition coefficient (Wildman–Crippen LogP) is 1.55. The molecule has 8 heteroatoms. The number of anilines is 1. The van der Waals surface area contributed by atoms with E-state index >= 15 is 0 Å². The first-order chi connectivity index (χ1) is 13.7. The lowest BCUT2D eigenvalue weighted by molar-refractivity contribution is -0.133. The summed E-state index contributed by atoms with van der Waals surface area (Å²) in [5, 5.41) is 2.94. The highest BCUT2D eigenvalue weighted by Gasteiger charge is 2.27. The van der Waals surface area contributed by atoms with E-state index in [9.17, 15) is 4.79 Å². The predicted molar refractivity (Wildman–Crippen MR) is 104 cm³/mol. The molecule has 0 saturated carbocycles. The van der Waals surface area contributed by atoms with Crippen LogP contribution in [0.15, 0.2) is 48.9 Å². The molecule has 1 saturated heterocycles. The molecule has 0 aliphatic carbocycles. The van der Waals surface area contributed by atoms with Crippen LogP contribution in [0.2, 0.25) is 0 Å². The first-order valence-electron chi connectivity index (χ1n) is 9.07. The third kappa shape index (κ3) is 3.86. The molecule has 144 valence electrons. The summed E-state index contributed by atoms with van der Waals surface area (Å²) in [7, 11) is 1.62. The van der Waals surface area contributed by atoms with Crippen molar-refractivity contribution in [1.82, 2.24) is 20.3 Å². The number of rotatable bonds is 5. The number of morpholine rings is 1. The number of carbonyl (C=O) groups is 1. The highest BCUT2D eigenvalue weighted by atomic mass is 16.5. The summed E-state index contributed by atoms with van der Waals surface area (Å²) in [4.78, 5) is 27.5. The molecule has 28 heavy (non-hydrogen) atoms. The highest BCUT2D eigenvalue weighted by molar-refractivity contribution is 5.82. The molecule has 8 nitrogen and oxygen atoms in total. The van der Waals surface area contributed by atoms with Gasteiger partial charge in [-0.25, -0.2) is 9.97 Å². The Bertz CT molecular complexity index is 981. The summed E-state index contributed by atoms with van der Waals surface area (Å²) in [5.41, 5.74) is 3.15. The lowest BCUT2D eigenvalue weighted by Crippen LogP contribution is -2.49. The first-order valence-corrected chi connectivity index (χ1v) is 9.07. The van der Waals surface area contributed by atoms with Crippen LogP contribution in [0.25, 0.3) is 11.2 Å². The topological polar surface area (TPSA) is 89.5 Å². The lowest BCUT2D eigenvalue weighted by Gasteiger charge is -2.33. The fraction of sp³-hybridized carbons (Fsp3) is 0.300. The highest BCUT2D eigenvalue weighted by Crippen LogP contribution is 2.20. The Kier molecular flexibility index (Phi) is 5.29. The number of para-hydroxylation sites is 1. The molecule has 4 rings (SSSR count).